The van der Waals surface area contributed by atoms with Crippen LogP contribution in [0.1, 0.15) is 37.0 Å². The van der Waals surface area contributed by atoms with E-state index in [0.29, 0.717) is 24.3 Å². The fourth-order valence-corrected chi connectivity index (χ4v) is 3.77. The molecule has 0 radical (unpaired) electrons. The Labute approximate surface area is 186 Å². The van der Waals surface area contributed by atoms with E-state index in [4.69, 9.17) is 0 Å². The minimum atomic E-state index is -0.412. The van der Waals surface area contributed by atoms with Crippen LogP contribution in [0.3, 0.4) is 0 Å². The number of hydrogen-bond donors (Lipinski definition) is 2. The predicted octanol–water partition coefficient (Wildman–Crippen LogP) is 3.84. The SMILES string of the molecule is CC(C)CC(=O)c1cccc(-c2cc(NC(=O)[C@@H]3CNC(=O)C3)nn2-c2ccccc2)c1. The topological polar surface area (TPSA) is 93.1 Å². The van der Waals surface area contributed by atoms with Gasteiger partial charge in [0.05, 0.1) is 17.3 Å². The van der Waals surface area contributed by atoms with E-state index in [2.05, 4.69) is 15.7 Å². The molecule has 0 aliphatic carbocycles. The highest BCUT2D eigenvalue weighted by atomic mass is 16.2. The average molecular weight is 431 g/mol. The number of nitrogens with one attached hydrogen (secondary N) is 2. The summed E-state index contributed by atoms with van der Waals surface area (Å²) in [4.78, 5) is 36.7. The van der Waals surface area contributed by atoms with Crippen molar-refractivity contribution >= 4 is 23.4 Å². The molecule has 2 aromatic carbocycles. The summed E-state index contributed by atoms with van der Waals surface area (Å²) < 4.78 is 1.75. The average Bonchev–Trinajstić information content (AvgIpc) is 3.40. The van der Waals surface area contributed by atoms with Crippen molar-refractivity contribution < 1.29 is 14.4 Å². The monoisotopic (exact) mass is 430 g/mol. The maximum Gasteiger partial charge on any atom is 0.230 e. The Hall–Kier alpha value is -3.74. The van der Waals surface area contributed by atoms with Crippen LogP contribution in [-0.2, 0) is 9.59 Å². The number of nitrogens with zero attached hydrogens (tertiary/aromatic N) is 2. The van der Waals surface area contributed by atoms with Gasteiger partial charge in [-0.05, 0) is 24.1 Å². The molecule has 7 heteroatoms. The van der Waals surface area contributed by atoms with Gasteiger partial charge in [0.2, 0.25) is 11.8 Å². The second kappa shape index (κ2) is 9.18. The fraction of sp³-hybridized carbons (Fsp3) is 0.280. The van der Waals surface area contributed by atoms with Crippen LogP contribution in [0.2, 0.25) is 0 Å². The number of anilines is 1. The molecule has 0 unspecified atom stereocenters. The predicted molar refractivity (Wildman–Crippen MR) is 123 cm³/mol. The molecule has 1 atom stereocenters. The Bertz CT molecular complexity index is 1150. The van der Waals surface area contributed by atoms with E-state index in [-0.39, 0.29) is 29.9 Å². The van der Waals surface area contributed by atoms with Crippen molar-refractivity contribution in [2.24, 2.45) is 11.8 Å². The Balaban J connectivity index is 1.69. The minimum absolute atomic E-state index is 0.0968. The molecular formula is C25H26N4O3. The molecule has 1 saturated heterocycles. The first-order valence-electron chi connectivity index (χ1n) is 10.8. The Kier molecular flexibility index (Phi) is 6.16. The van der Waals surface area contributed by atoms with Crippen LogP contribution in [0.5, 0.6) is 0 Å². The van der Waals surface area contributed by atoms with E-state index < -0.39 is 5.92 Å². The summed E-state index contributed by atoms with van der Waals surface area (Å²) in [6.45, 7) is 4.38. The Morgan fingerprint density at radius 2 is 1.91 bits per heavy atom. The standard InChI is InChI=1S/C25H26N4O3/c1-16(2)11-22(30)18-8-6-7-17(12-18)21-14-23(27-25(32)19-13-24(31)26-15-19)28-29(21)20-9-4-3-5-10-20/h3-10,12,14,16,19H,11,13,15H2,1-2H3,(H,26,31)(H,27,28,32)/t19-/m0/s1. The molecule has 0 bridgehead atoms. The fourth-order valence-electron chi connectivity index (χ4n) is 3.77. The number of Topliss-reactive ketones (excluding diaryl/α,β-unsaturated/α-hetero) is 1. The maximum atomic E-state index is 12.6. The van der Waals surface area contributed by atoms with Gasteiger partial charge in [-0.3, -0.25) is 14.4 Å². The van der Waals surface area contributed by atoms with E-state index in [1.165, 1.54) is 0 Å². The summed E-state index contributed by atoms with van der Waals surface area (Å²) in [5.41, 5.74) is 3.07. The van der Waals surface area contributed by atoms with Gasteiger partial charge in [-0.2, -0.15) is 0 Å². The molecule has 2 amide bonds. The normalized spacial score (nSPS) is 15.6. The van der Waals surface area contributed by atoms with Gasteiger partial charge < -0.3 is 10.6 Å². The van der Waals surface area contributed by atoms with Gasteiger partial charge in [0.15, 0.2) is 11.6 Å². The van der Waals surface area contributed by atoms with Gasteiger partial charge in [-0.1, -0.05) is 50.2 Å². The van der Waals surface area contributed by atoms with Crippen LogP contribution in [0.25, 0.3) is 16.9 Å². The summed E-state index contributed by atoms with van der Waals surface area (Å²) in [6, 6.07) is 18.9. The smallest absolute Gasteiger partial charge is 0.230 e. The highest BCUT2D eigenvalue weighted by Gasteiger charge is 2.28. The van der Waals surface area contributed by atoms with Crippen molar-refractivity contribution in [3.05, 3.63) is 66.2 Å². The third-order valence-electron chi connectivity index (χ3n) is 5.38. The van der Waals surface area contributed by atoms with Crippen molar-refractivity contribution in [1.82, 2.24) is 15.1 Å². The second-order valence-electron chi connectivity index (χ2n) is 8.46. The lowest BCUT2D eigenvalue weighted by molar-refractivity contribution is -0.123. The zero-order chi connectivity index (χ0) is 22.7. The van der Waals surface area contributed by atoms with Gasteiger partial charge in [-0.15, -0.1) is 5.10 Å². The van der Waals surface area contributed by atoms with Crippen molar-refractivity contribution in [3.63, 3.8) is 0 Å². The van der Waals surface area contributed by atoms with E-state index in [1.807, 2.05) is 68.4 Å². The summed E-state index contributed by atoms with van der Waals surface area (Å²) in [5, 5.41) is 10.1. The largest absolute Gasteiger partial charge is 0.355 e. The third-order valence-corrected chi connectivity index (χ3v) is 5.38. The van der Waals surface area contributed by atoms with Crippen LogP contribution in [0, 0.1) is 11.8 Å². The summed E-state index contributed by atoms with van der Waals surface area (Å²) >= 11 is 0. The van der Waals surface area contributed by atoms with Gasteiger partial charge in [0.1, 0.15) is 0 Å². The molecule has 1 aliphatic rings. The van der Waals surface area contributed by atoms with Crippen molar-refractivity contribution in [1.29, 1.82) is 0 Å². The first-order valence-corrected chi connectivity index (χ1v) is 10.8. The zero-order valence-electron chi connectivity index (χ0n) is 18.2. The highest BCUT2D eigenvalue weighted by Crippen LogP contribution is 2.28. The van der Waals surface area contributed by atoms with E-state index >= 15 is 0 Å². The molecule has 7 nitrogen and oxygen atoms in total. The lowest BCUT2D eigenvalue weighted by Crippen LogP contribution is -2.24. The number of carbonyl (C=O) groups is 3. The van der Waals surface area contributed by atoms with Gasteiger partial charge >= 0.3 is 0 Å². The first-order chi connectivity index (χ1) is 15.4. The van der Waals surface area contributed by atoms with Crippen LogP contribution in [0.15, 0.2) is 60.7 Å². The molecule has 32 heavy (non-hydrogen) atoms. The number of hydrogen-bond acceptors (Lipinski definition) is 4. The first kappa shape index (κ1) is 21.5. The number of amides is 2. The van der Waals surface area contributed by atoms with Crippen molar-refractivity contribution in [3.8, 4) is 16.9 Å². The van der Waals surface area contributed by atoms with Crippen molar-refractivity contribution in [2.45, 2.75) is 26.7 Å². The molecule has 1 fully saturated rings. The number of rotatable bonds is 7. The van der Waals surface area contributed by atoms with E-state index in [1.54, 1.807) is 10.7 Å². The zero-order valence-corrected chi connectivity index (χ0v) is 18.2. The third kappa shape index (κ3) is 4.77. The summed E-state index contributed by atoms with van der Waals surface area (Å²) in [5.74, 6) is -0.00624. The number of para-hydroxylation sites is 1. The molecule has 2 N–H and O–H groups in total. The summed E-state index contributed by atoms with van der Waals surface area (Å²) in [7, 11) is 0. The molecule has 0 saturated carbocycles. The highest BCUT2D eigenvalue weighted by molar-refractivity contribution is 5.98. The van der Waals surface area contributed by atoms with E-state index in [9.17, 15) is 14.4 Å². The quantitative estimate of drug-likeness (QED) is 0.557. The van der Waals surface area contributed by atoms with Gasteiger partial charge in [0, 0.05) is 36.6 Å². The summed E-state index contributed by atoms with van der Waals surface area (Å²) in [6.07, 6.45) is 0.662. The second-order valence-corrected chi connectivity index (χ2v) is 8.46. The van der Waals surface area contributed by atoms with Crippen LogP contribution in [0.4, 0.5) is 5.82 Å². The maximum absolute atomic E-state index is 12.6. The number of carbonyl (C=O) groups excluding carboxylic acids is 3. The van der Waals surface area contributed by atoms with Crippen LogP contribution in [-0.4, -0.2) is 33.9 Å². The lowest BCUT2D eigenvalue weighted by Gasteiger charge is -2.09. The minimum Gasteiger partial charge on any atom is -0.355 e. The molecule has 164 valence electrons. The van der Waals surface area contributed by atoms with Gasteiger partial charge in [0.25, 0.3) is 0 Å². The molecule has 1 aliphatic heterocycles. The van der Waals surface area contributed by atoms with E-state index in [0.717, 1.165) is 16.9 Å². The molecular weight excluding hydrogens is 404 g/mol. The van der Waals surface area contributed by atoms with Crippen LogP contribution >= 0.6 is 0 Å². The molecule has 4 rings (SSSR count). The molecule has 0 spiro atoms. The van der Waals surface area contributed by atoms with Gasteiger partial charge in [-0.25, -0.2) is 4.68 Å². The van der Waals surface area contributed by atoms with Crippen LogP contribution < -0.4 is 10.6 Å². The molecule has 3 aromatic rings. The number of benzene rings is 2. The Morgan fingerprint density at radius 3 is 2.59 bits per heavy atom. The molecule has 1 aromatic heterocycles. The van der Waals surface area contributed by atoms with Crippen molar-refractivity contribution in [2.75, 3.05) is 11.9 Å². The lowest BCUT2D eigenvalue weighted by atomic mass is 9.99. The number of aromatic nitrogens is 2. The molecule has 2 heterocycles. The Morgan fingerprint density at radius 1 is 1.12 bits per heavy atom. The number of ketones is 1.